The minimum atomic E-state index is -0.163. The third kappa shape index (κ3) is 4.18. The minimum Gasteiger partial charge on any atom is -0.379 e. The Kier molecular flexibility index (Phi) is 5.18. The van der Waals surface area contributed by atoms with Gasteiger partial charge in [0.25, 0.3) is 5.91 Å². The van der Waals surface area contributed by atoms with Crippen LogP contribution in [0.15, 0.2) is 42.5 Å². The lowest BCUT2D eigenvalue weighted by molar-refractivity contribution is 0.0342. The molecule has 1 saturated heterocycles. The number of H-pyrrole nitrogens is 1. The Bertz CT molecular complexity index is 927. The van der Waals surface area contributed by atoms with Crippen molar-refractivity contribution in [1.29, 1.82) is 0 Å². The summed E-state index contributed by atoms with van der Waals surface area (Å²) < 4.78 is 5.39. The SMILES string of the molecule is Cc1ccc2[nH]nc(C(=O)NCc3ccc(CN4CCOCC4)cc3)c2c1. The van der Waals surface area contributed by atoms with Crippen LogP contribution in [0.4, 0.5) is 0 Å². The molecule has 0 bridgehead atoms. The third-order valence-electron chi connectivity index (χ3n) is 4.92. The van der Waals surface area contributed by atoms with E-state index in [-0.39, 0.29) is 5.91 Å². The number of ether oxygens (including phenoxy) is 1. The van der Waals surface area contributed by atoms with Gasteiger partial charge in [-0.1, -0.05) is 35.9 Å². The molecule has 2 heterocycles. The Morgan fingerprint density at radius 3 is 2.67 bits per heavy atom. The predicted octanol–water partition coefficient (Wildman–Crippen LogP) is 2.63. The molecule has 1 aliphatic heterocycles. The molecule has 1 amide bonds. The van der Waals surface area contributed by atoms with Gasteiger partial charge in [0.2, 0.25) is 0 Å². The van der Waals surface area contributed by atoms with Crippen LogP contribution >= 0.6 is 0 Å². The van der Waals surface area contributed by atoms with E-state index in [9.17, 15) is 4.79 Å². The molecule has 0 saturated carbocycles. The summed E-state index contributed by atoms with van der Waals surface area (Å²) in [5, 5.41) is 10.9. The third-order valence-corrected chi connectivity index (χ3v) is 4.92. The van der Waals surface area contributed by atoms with E-state index in [1.165, 1.54) is 5.56 Å². The number of carbonyl (C=O) groups is 1. The molecule has 1 fully saturated rings. The maximum absolute atomic E-state index is 12.5. The lowest BCUT2D eigenvalue weighted by Crippen LogP contribution is -2.35. The molecule has 0 unspecified atom stereocenters. The largest absolute Gasteiger partial charge is 0.379 e. The highest BCUT2D eigenvalue weighted by atomic mass is 16.5. The van der Waals surface area contributed by atoms with Gasteiger partial charge >= 0.3 is 0 Å². The van der Waals surface area contributed by atoms with Crippen molar-refractivity contribution in [3.8, 4) is 0 Å². The molecular weight excluding hydrogens is 340 g/mol. The lowest BCUT2D eigenvalue weighted by atomic mass is 10.1. The summed E-state index contributed by atoms with van der Waals surface area (Å²) >= 11 is 0. The van der Waals surface area contributed by atoms with Crippen LogP contribution in [-0.2, 0) is 17.8 Å². The molecule has 0 aliphatic carbocycles. The molecular formula is C21H24N4O2. The summed E-state index contributed by atoms with van der Waals surface area (Å²) in [6.07, 6.45) is 0. The number of morpholine rings is 1. The smallest absolute Gasteiger partial charge is 0.272 e. The van der Waals surface area contributed by atoms with Gasteiger partial charge in [-0.15, -0.1) is 0 Å². The normalized spacial score (nSPS) is 15.1. The number of hydrogen-bond donors (Lipinski definition) is 2. The summed E-state index contributed by atoms with van der Waals surface area (Å²) in [5.41, 5.74) is 4.77. The van der Waals surface area contributed by atoms with Gasteiger partial charge < -0.3 is 10.1 Å². The summed E-state index contributed by atoms with van der Waals surface area (Å²) in [6.45, 7) is 7.01. The van der Waals surface area contributed by atoms with E-state index >= 15 is 0 Å². The fourth-order valence-corrected chi connectivity index (χ4v) is 3.35. The van der Waals surface area contributed by atoms with E-state index in [1.807, 2.05) is 25.1 Å². The van der Waals surface area contributed by atoms with Crippen molar-refractivity contribution in [3.63, 3.8) is 0 Å². The zero-order valence-corrected chi connectivity index (χ0v) is 15.5. The number of nitrogens with zero attached hydrogens (tertiary/aromatic N) is 2. The predicted molar refractivity (Wildman–Crippen MR) is 105 cm³/mol. The van der Waals surface area contributed by atoms with E-state index in [0.717, 1.165) is 54.9 Å². The molecule has 2 N–H and O–H groups in total. The zero-order valence-electron chi connectivity index (χ0n) is 15.5. The first-order valence-corrected chi connectivity index (χ1v) is 9.30. The minimum absolute atomic E-state index is 0.163. The molecule has 0 spiro atoms. The highest BCUT2D eigenvalue weighted by molar-refractivity contribution is 6.04. The van der Waals surface area contributed by atoms with Gasteiger partial charge in [0.05, 0.1) is 18.7 Å². The standard InChI is InChI=1S/C21H24N4O2/c1-15-2-7-19-18(12-15)20(24-23-19)21(26)22-13-16-3-5-17(6-4-16)14-25-8-10-27-11-9-25/h2-7,12H,8-11,13-14H2,1H3,(H,22,26)(H,23,24). The second-order valence-corrected chi connectivity index (χ2v) is 7.01. The first-order chi connectivity index (χ1) is 13.2. The van der Waals surface area contributed by atoms with Gasteiger partial charge in [-0.25, -0.2) is 0 Å². The number of hydrogen-bond acceptors (Lipinski definition) is 4. The molecule has 6 nitrogen and oxygen atoms in total. The van der Waals surface area contributed by atoms with Crippen LogP contribution in [0.2, 0.25) is 0 Å². The van der Waals surface area contributed by atoms with Crippen LogP contribution in [0.1, 0.15) is 27.2 Å². The summed E-state index contributed by atoms with van der Waals surface area (Å²) in [5.74, 6) is -0.163. The van der Waals surface area contributed by atoms with E-state index in [2.05, 4.69) is 44.7 Å². The van der Waals surface area contributed by atoms with Crippen molar-refractivity contribution in [2.45, 2.75) is 20.0 Å². The molecule has 140 valence electrons. The molecule has 0 atom stereocenters. The maximum Gasteiger partial charge on any atom is 0.272 e. The Hall–Kier alpha value is -2.70. The van der Waals surface area contributed by atoms with Crippen molar-refractivity contribution in [1.82, 2.24) is 20.4 Å². The Labute approximate surface area is 158 Å². The average molecular weight is 364 g/mol. The van der Waals surface area contributed by atoms with Crippen molar-refractivity contribution >= 4 is 16.8 Å². The fourth-order valence-electron chi connectivity index (χ4n) is 3.35. The second-order valence-electron chi connectivity index (χ2n) is 7.01. The quantitative estimate of drug-likeness (QED) is 0.730. The molecule has 0 radical (unpaired) electrons. The topological polar surface area (TPSA) is 70.2 Å². The number of aromatic nitrogens is 2. The van der Waals surface area contributed by atoms with Crippen LogP contribution in [0, 0.1) is 6.92 Å². The molecule has 27 heavy (non-hydrogen) atoms. The van der Waals surface area contributed by atoms with Crippen LogP contribution in [0.25, 0.3) is 10.9 Å². The number of aromatic amines is 1. The van der Waals surface area contributed by atoms with Gasteiger partial charge in [-0.3, -0.25) is 14.8 Å². The number of benzene rings is 2. The number of rotatable bonds is 5. The van der Waals surface area contributed by atoms with Crippen molar-refractivity contribution in [3.05, 3.63) is 64.8 Å². The number of amides is 1. The maximum atomic E-state index is 12.5. The van der Waals surface area contributed by atoms with Crippen LogP contribution in [0.3, 0.4) is 0 Å². The first kappa shape index (κ1) is 17.7. The average Bonchev–Trinajstić information content (AvgIpc) is 3.11. The molecule has 3 aromatic rings. The van der Waals surface area contributed by atoms with Gasteiger partial charge in [0.15, 0.2) is 5.69 Å². The lowest BCUT2D eigenvalue weighted by Gasteiger charge is -2.26. The van der Waals surface area contributed by atoms with Crippen molar-refractivity contribution in [2.75, 3.05) is 26.3 Å². The second kappa shape index (κ2) is 7.90. The Morgan fingerprint density at radius 1 is 1.15 bits per heavy atom. The Morgan fingerprint density at radius 2 is 1.89 bits per heavy atom. The fraction of sp³-hybridized carbons (Fsp3) is 0.333. The Balaban J connectivity index is 1.36. The number of fused-ring (bicyclic) bond motifs is 1. The van der Waals surface area contributed by atoms with E-state index < -0.39 is 0 Å². The highest BCUT2D eigenvalue weighted by Crippen LogP contribution is 2.17. The van der Waals surface area contributed by atoms with Crippen LogP contribution in [0.5, 0.6) is 0 Å². The van der Waals surface area contributed by atoms with Gasteiger partial charge in [-0.05, 0) is 30.2 Å². The monoisotopic (exact) mass is 364 g/mol. The van der Waals surface area contributed by atoms with Gasteiger partial charge in [0.1, 0.15) is 0 Å². The molecule has 6 heteroatoms. The van der Waals surface area contributed by atoms with Crippen molar-refractivity contribution in [2.24, 2.45) is 0 Å². The van der Waals surface area contributed by atoms with Gasteiger partial charge in [0, 0.05) is 31.6 Å². The van der Waals surface area contributed by atoms with E-state index in [4.69, 9.17) is 4.74 Å². The summed E-state index contributed by atoms with van der Waals surface area (Å²) in [7, 11) is 0. The van der Waals surface area contributed by atoms with E-state index in [1.54, 1.807) is 0 Å². The van der Waals surface area contributed by atoms with E-state index in [0.29, 0.717) is 12.2 Å². The zero-order chi connectivity index (χ0) is 18.6. The number of carbonyl (C=O) groups excluding carboxylic acids is 1. The van der Waals surface area contributed by atoms with Crippen molar-refractivity contribution < 1.29 is 9.53 Å². The van der Waals surface area contributed by atoms with Crippen LogP contribution in [-0.4, -0.2) is 47.3 Å². The van der Waals surface area contributed by atoms with Gasteiger partial charge in [-0.2, -0.15) is 5.10 Å². The number of aryl methyl sites for hydroxylation is 1. The number of nitrogens with one attached hydrogen (secondary N) is 2. The van der Waals surface area contributed by atoms with Crippen LogP contribution < -0.4 is 5.32 Å². The summed E-state index contributed by atoms with van der Waals surface area (Å²) in [6, 6.07) is 14.3. The molecule has 1 aromatic heterocycles. The molecule has 1 aliphatic rings. The molecule has 2 aromatic carbocycles. The molecule has 4 rings (SSSR count). The first-order valence-electron chi connectivity index (χ1n) is 9.30. The summed E-state index contributed by atoms with van der Waals surface area (Å²) in [4.78, 5) is 14.9. The highest BCUT2D eigenvalue weighted by Gasteiger charge is 2.14.